The van der Waals surface area contributed by atoms with Crippen LogP contribution >= 0.6 is 15.9 Å². The summed E-state index contributed by atoms with van der Waals surface area (Å²) in [7, 11) is 2.33. The van der Waals surface area contributed by atoms with Gasteiger partial charge in [-0.15, -0.1) is 0 Å². The monoisotopic (exact) mass is 350 g/mol. The van der Waals surface area contributed by atoms with Crippen LogP contribution in [-0.4, -0.2) is 30.1 Å². The highest BCUT2D eigenvalue weighted by Gasteiger charge is 2.39. The van der Waals surface area contributed by atoms with E-state index in [-0.39, 0.29) is 5.54 Å². The number of aryl methyl sites for hydroxylation is 1. The number of hydrogen-bond donors (Lipinski definition) is 1. The zero-order valence-corrected chi connectivity index (χ0v) is 14.7. The van der Waals surface area contributed by atoms with Crippen molar-refractivity contribution in [2.24, 2.45) is 5.73 Å². The van der Waals surface area contributed by atoms with Crippen molar-refractivity contribution in [3.63, 3.8) is 0 Å². The van der Waals surface area contributed by atoms with Crippen LogP contribution in [-0.2, 0) is 12.8 Å². The standard InChI is InChI=1S/C18H27BrN2/c1-21(17-5-3-2-4-6-17)18(13-20)10-9-14-11-16(19)8-7-15(14)12-18/h7-8,11,17H,2-6,9-10,12-13,20H2,1H3. The lowest BCUT2D eigenvalue weighted by molar-refractivity contribution is 0.0461. The van der Waals surface area contributed by atoms with Crippen molar-refractivity contribution in [2.75, 3.05) is 13.6 Å². The van der Waals surface area contributed by atoms with Crippen LogP contribution in [0.1, 0.15) is 49.7 Å². The predicted octanol–water partition coefficient (Wildman–Crippen LogP) is 3.90. The van der Waals surface area contributed by atoms with E-state index in [1.807, 2.05) is 0 Å². The minimum atomic E-state index is 0.169. The molecule has 1 saturated carbocycles. The summed E-state index contributed by atoms with van der Waals surface area (Å²) >= 11 is 3.59. The van der Waals surface area contributed by atoms with Gasteiger partial charge in [0.05, 0.1) is 0 Å². The summed E-state index contributed by atoms with van der Waals surface area (Å²) in [5.74, 6) is 0. The van der Waals surface area contributed by atoms with Crippen molar-refractivity contribution in [1.29, 1.82) is 0 Å². The molecule has 116 valence electrons. The van der Waals surface area contributed by atoms with Crippen LogP contribution in [0.4, 0.5) is 0 Å². The Bertz CT molecular complexity index is 496. The van der Waals surface area contributed by atoms with Gasteiger partial charge in [0.25, 0.3) is 0 Å². The van der Waals surface area contributed by atoms with Gasteiger partial charge in [0, 0.05) is 22.6 Å². The maximum Gasteiger partial charge on any atom is 0.0375 e. The fourth-order valence-corrected chi connectivity index (χ4v) is 4.69. The topological polar surface area (TPSA) is 29.3 Å². The van der Waals surface area contributed by atoms with Gasteiger partial charge in [-0.2, -0.15) is 0 Å². The van der Waals surface area contributed by atoms with E-state index in [9.17, 15) is 0 Å². The Morgan fingerprint density at radius 1 is 1.24 bits per heavy atom. The van der Waals surface area contributed by atoms with Gasteiger partial charge >= 0.3 is 0 Å². The first-order chi connectivity index (χ1) is 10.1. The van der Waals surface area contributed by atoms with Crippen molar-refractivity contribution in [3.05, 3.63) is 33.8 Å². The highest BCUT2D eigenvalue weighted by atomic mass is 79.9. The molecular weight excluding hydrogens is 324 g/mol. The number of likely N-dealkylation sites (N-methyl/N-ethyl adjacent to an activating group) is 1. The number of benzene rings is 1. The maximum absolute atomic E-state index is 6.28. The van der Waals surface area contributed by atoms with E-state index in [4.69, 9.17) is 5.73 Å². The summed E-state index contributed by atoms with van der Waals surface area (Å²) in [5.41, 5.74) is 9.45. The number of halogens is 1. The van der Waals surface area contributed by atoms with Crippen LogP contribution in [0.25, 0.3) is 0 Å². The van der Waals surface area contributed by atoms with Crippen molar-refractivity contribution in [2.45, 2.75) is 62.9 Å². The molecular formula is C18H27BrN2. The zero-order valence-electron chi connectivity index (χ0n) is 13.1. The summed E-state index contributed by atoms with van der Waals surface area (Å²) < 4.78 is 1.20. The van der Waals surface area contributed by atoms with Gasteiger partial charge in [-0.1, -0.05) is 41.3 Å². The molecule has 0 spiro atoms. The van der Waals surface area contributed by atoms with Crippen LogP contribution in [0, 0.1) is 0 Å². The van der Waals surface area contributed by atoms with E-state index in [0.29, 0.717) is 0 Å². The van der Waals surface area contributed by atoms with Crippen LogP contribution in [0.2, 0.25) is 0 Å². The summed E-state index contributed by atoms with van der Waals surface area (Å²) in [5, 5.41) is 0. The van der Waals surface area contributed by atoms with E-state index in [2.05, 4.69) is 46.1 Å². The molecule has 2 N–H and O–H groups in total. The molecule has 1 aromatic rings. The summed E-state index contributed by atoms with van der Waals surface area (Å²) in [4.78, 5) is 2.65. The van der Waals surface area contributed by atoms with Crippen LogP contribution in [0.5, 0.6) is 0 Å². The van der Waals surface area contributed by atoms with E-state index < -0.39 is 0 Å². The highest BCUT2D eigenvalue weighted by molar-refractivity contribution is 9.10. The molecule has 0 aromatic heterocycles. The van der Waals surface area contributed by atoms with Gasteiger partial charge in [0.2, 0.25) is 0 Å². The second kappa shape index (κ2) is 6.39. The molecule has 1 unspecified atom stereocenters. The lowest BCUT2D eigenvalue weighted by Gasteiger charge is -2.49. The van der Waals surface area contributed by atoms with Gasteiger partial charge in [0.15, 0.2) is 0 Å². The lowest BCUT2D eigenvalue weighted by Crippen LogP contribution is -2.59. The Labute approximate surface area is 137 Å². The number of rotatable bonds is 3. The molecule has 2 nitrogen and oxygen atoms in total. The van der Waals surface area contributed by atoms with Crippen molar-refractivity contribution in [1.82, 2.24) is 4.90 Å². The zero-order chi connectivity index (χ0) is 14.9. The largest absolute Gasteiger partial charge is 0.329 e. The third-order valence-corrected chi connectivity index (χ3v) is 6.29. The normalized spacial score (nSPS) is 26.9. The van der Waals surface area contributed by atoms with Gasteiger partial charge in [-0.25, -0.2) is 0 Å². The summed E-state index contributed by atoms with van der Waals surface area (Å²) in [6.07, 6.45) is 10.4. The van der Waals surface area contributed by atoms with Crippen LogP contribution in [0.15, 0.2) is 22.7 Å². The fourth-order valence-electron chi connectivity index (χ4n) is 4.28. The Hall–Kier alpha value is -0.380. The van der Waals surface area contributed by atoms with Gasteiger partial charge in [-0.3, -0.25) is 4.90 Å². The molecule has 21 heavy (non-hydrogen) atoms. The minimum Gasteiger partial charge on any atom is -0.329 e. The number of nitrogens with two attached hydrogens (primary N) is 1. The average molecular weight is 351 g/mol. The Balaban J connectivity index is 1.82. The molecule has 0 bridgehead atoms. The minimum absolute atomic E-state index is 0.169. The Kier molecular flexibility index (Phi) is 4.72. The van der Waals surface area contributed by atoms with E-state index >= 15 is 0 Å². The second-order valence-corrected chi connectivity index (χ2v) is 7.84. The third-order valence-electron chi connectivity index (χ3n) is 5.80. The molecule has 0 amide bonds. The Morgan fingerprint density at radius 2 is 2.00 bits per heavy atom. The van der Waals surface area contributed by atoms with Crippen molar-refractivity contribution in [3.8, 4) is 0 Å². The van der Waals surface area contributed by atoms with E-state index in [0.717, 1.165) is 25.4 Å². The molecule has 2 aliphatic carbocycles. The molecule has 0 saturated heterocycles. The quantitative estimate of drug-likeness (QED) is 0.895. The first-order valence-electron chi connectivity index (χ1n) is 8.35. The Morgan fingerprint density at radius 3 is 2.71 bits per heavy atom. The van der Waals surface area contributed by atoms with Crippen LogP contribution in [0.3, 0.4) is 0 Å². The highest BCUT2D eigenvalue weighted by Crippen LogP contribution is 2.36. The smallest absolute Gasteiger partial charge is 0.0375 e. The van der Waals surface area contributed by atoms with Crippen molar-refractivity contribution < 1.29 is 0 Å². The lowest BCUT2D eigenvalue weighted by atomic mass is 9.75. The maximum atomic E-state index is 6.28. The van der Waals surface area contributed by atoms with E-state index in [1.165, 1.54) is 54.1 Å². The fraction of sp³-hybridized carbons (Fsp3) is 0.667. The van der Waals surface area contributed by atoms with Gasteiger partial charge in [-0.05, 0) is 62.4 Å². The molecule has 2 aliphatic rings. The first kappa shape index (κ1) is 15.5. The van der Waals surface area contributed by atoms with E-state index in [1.54, 1.807) is 0 Å². The third kappa shape index (κ3) is 3.06. The molecule has 3 heteroatoms. The second-order valence-electron chi connectivity index (χ2n) is 6.92. The number of nitrogens with zero attached hydrogens (tertiary/aromatic N) is 1. The molecule has 1 aromatic carbocycles. The van der Waals surface area contributed by atoms with Crippen molar-refractivity contribution >= 4 is 15.9 Å². The molecule has 1 atom stereocenters. The average Bonchev–Trinajstić information content (AvgIpc) is 2.54. The predicted molar refractivity (Wildman–Crippen MR) is 92.6 cm³/mol. The molecule has 0 aliphatic heterocycles. The summed E-state index contributed by atoms with van der Waals surface area (Å²) in [6.45, 7) is 0.773. The van der Waals surface area contributed by atoms with Crippen LogP contribution < -0.4 is 5.73 Å². The first-order valence-corrected chi connectivity index (χ1v) is 9.14. The summed E-state index contributed by atoms with van der Waals surface area (Å²) in [6, 6.07) is 7.49. The number of fused-ring (bicyclic) bond motifs is 1. The molecule has 3 rings (SSSR count). The molecule has 0 radical (unpaired) electrons. The number of hydrogen-bond acceptors (Lipinski definition) is 2. The SMILES string of the molecule is CN(C1CCCCC1)C1(CN)CCc2cc(Br)ccc2C1. The molecule has 0 heterocycles. The molecule has 1 fully saturated rings. The van der Waals surface area contributed by atoms with Gasteiger partial charge in [0.1, 0.15) is 0 Å². The van der Waals surface area contributed by atoms with Gasteiger partial charge < -0.3 is 5.73 Å².